The highest BCUT2D eigenvalue weighted by Crippen LogP contribution is 2.22. The van der Waals surface area contributed by atoms with Crippen molar-refractivity contribution in [1.29, 1.82) is 0 Å². The van der Waals surface area contributed by atoms with Crippen LogP contribution in [-0.4, -0.2) is 28.6 Å². The first-order chi connectivity index (χ1) is 18.6. The summed E-state index contributed by atoms with van der Waals surface area (Å²) in [5.41, 5.74) is 5.78. The van der Waals surface area contributed by atoms with Crippen molar-refractivity contribution in [2.45, 2.75) is 58.9 Å². The number of hydrogen-bond donors (Lipinski definition) is 1. The fourth-order valence-corrected chi connectivity index (χ4v) is 4.59. The van der Waals surface area contributed by atoms with E-state index in [0.717, 1.165) is 74.3 Å². The molecule has 0 spiro atoms. The van der Waals surface area contributed by atoms with Crippen LogP contribution >= 0.6 is 0 Å². The number of nitrogens with zero attached hydrogens (tertiary/aromatic N) is 2. The number of para-hydroxylation sites is 2. The molecule has 0 aliphatic heterocycles. The Bertz CT molecular complexity index is 1340. The van der Waals surface area contributed by atoms with E-state index in [1.165, 1.54) is 16.6 Å². The zero-order chi connectivity index (χ0) is 26.6. The number of aromatic nitrogens is 2. The van der Waals surface area contributed by atoms with Gasteiger partial charge in [-0.1, -0.05) is 61.0 Å². The monoisotopic (exact) mass is 509 g/mol. The Morgan fingerprint density at radius 1 is 0.895 bits per heavy atom. The van der Waals surface area contributed by atoms with Gasteiger partial charge in [-0.25, -0.2) is 4.98 Å². The zero-order valence-corrected chi connectivity index (χ0v) is 22.7. The number of unbranched alkanes of at least 4 members (excludes halogenated alkanes) is 3. The van der Waals surface area contributed by atoms with Gasteiger partial charge in [0.2, 0.25) is 5.91 Å². The van der Waals surface area contributed by atoms with Gasteiger partial charge in [0.05, 0.1) is 17.6 Å². The van der Waals surface area contributed by atoms with E-state index in [2.05, 4.69) is 66.2 Å². The molecule has 1 N–H and O–H groups in total. The van der Waals surface area contributed by atoms with E-state index >= 15 is 0 Å². The van der Waals surface area contributed by atoms with Crippen molar-refractivity contribution in [2.24, 2.45) is 0 Å². The van der Waals surface area contributed by atoms with Gasteiger partial charge in [0, 0.05) is 25.6 Å². The van der Waals surface area contributed by atoms with E-state index in [0.29, 0.717) is 6.54 Å². The number of carbonyl (C=O) groups is 1. The lowest BCUT2D eigenvalue weighted by molar-refractivity contribution is -0.116. The fourth-order valence-electron chi connectivity index (χ4n) is 4.59. The Balaban J connectivity index is 1.20. The minimum Gasteiger partial charge on any atom is -0.493 e. The third kappa shape index (κ3) is 7.82. The Morgan fingerprint density at radius 3 is 2.58 bits per heavy atom. The normalized spacial score (nSPS) is 11.3. The summed E-state index contributed by atoms with van der Waals surface area (Å²) < 4.78 is 8.43. The topological polar surface area (TPSA) is 56.1 Å². The summed E-state index contributed by atoms with van der Waals surface area (Å²) in [6, 6.07) is 24.5. The standard InChI is InChI=1S/C33H39N3O2/c1-26-14-13-19-31(27(26)2)38-25-12-11-24-36-30-18-9-8-17-29(30)35-32(36)20-7-4-10-23-34-33(37)22-21-28-15-5-3-6-16-28/h3,5-6,8-9,13-19,21-22H,4,7,10-12,20,23-25H2,1-2H3,(H,34,37)/b22-21+. The Hall–Kier alpha value is -3.86. The van der Waals surface area contributed by atoms with Crippen LogP contribution in [0.25, 0.3) is 17.1 Å². The number of benzene rings is 3. The molecule has 0 unspecified atom stereocenters. The molecule has 0 saturated carbocycles. The fraction of sp³-hybridized carbons (Fsp3) is 0.333. The SMILES string of the molecule is Cc1cccc(OCCCCn2c(CCCCCNC(=O)/C=C/c3ccccc3)nc3ccccc32)c1C. The van der Waals surface area contributed by atoms with E-state index in [9.17, 15) is 4.79 Å². The number of imidazole rings is 1. The molecular formula is C33H39N3O2. The van der Waals surface area contributed by atoms with Crippen LogP contribution in [0.1, 0.15) is 54.6 Å². The van der Waals surface area contributed by atoms with Crippen molar-refractivity contribution in [3.63, 3.8) is 0 Å². The van der Waals surface area contributed by atoms with Crippen molar-refractivity contribution in [1.82, 2.24) is 14.9 Å². The van der Waals surface area contributed by atoms with Crippen LogP contribution in [0.3, 0.4) is 0 Å². The van der Waals surface area contributed by atoms with Crippen molar-refractivity contribution >= 4 is 23.0 Å². The molecule has 3 aromatic carbocycles. The molecule has 198 valence electrons. The summed E-state index contributed by atoms with van der Waals surface area (Å²) in [5.74, 6) is 2.09. The molecule has 0 saturated heterocycles. The zero-order valence-electron chi connectivity index (χ0n) is 22.7. The molecule has 0 aliphatic rings. The van der Waals surface area contributed by atoms with Crippen LogP contribution in [0, 0.1) is 13.8 Å². The number of ether oxygens (including phenoxy) is 1. The minimum atomic E-state index is -0.0443. The highest BCUT2D eigenvalue weighted by molar-refractivity contribution is 5.91. The van der Waals surface area contributed by atoms with Crippen LogP contribution in [-0.2, 0) is 17.8 Å². The number of nitrogens with one attached hydrogen (secondary N) is 1. The van der Waals surface area contributed by atoms with Gasteiger partial charge < -0.3 is 14.6 Å². The number of hydrogen-bond acceptors (Lipinski definition) is 3. The molecule has 5 heteroatoms. The van der Waals surface area contributed by atoms with Gasteiger partial charge in [-0.15, -0.1) is 0 Å². The molecule has 4 rings (SSSR count). The second-order valence-corrected chi connectivity index (χ2v) is 9.77. The summed E-state index contributed by atoms with van der Waals surface area (Å²) in [7, 11) is 0. The molecule has 4 aromatic rings. The summed E-state index contributed by atoms with van der Waals surface area (Å²) >= 11 is 0. The molecule has 1 heterocycles. The van der Waals surface area contributed by atoms with Crippen molar-refractivity contribution in [3.8, 4) is 5.75 Å². The molecule has 5 nitrogen and oxygen atoms in total. The number of fused-ring (bicyclic) bond motifs is 1. The lowest BCUT2D eigenvalue weighted by Gasteiger charge is -2.12. The van der Waals surface area contributed by atoms with Crippen molar-refractivity contribution in [2.75, 3.05) is 13.2 Å². The van der Waals surface area contributed by atoms with Crippen LogP contribution in [0.2, 0.25) is 0 Å². The molecule has 0 atom stereocenters. The number of amides is 1. The molecule has 1 amide bonds. The summed E-state index contributed by atoms with van der Waals surface area (Å²) in [5, 5.41) is 2.98. The first-order valence-electron chi connectivity index (χ1n) is 13.8. The third-order valence-corrected chi connectivity index (χ3v) is 6.93. The largest absolute Gasteiger partial charge is 0.493 e. The Labute approximate surface area is 226 Å². The highest BCUT2D eigenvalue weighted by atomic mass is 16.5. The predicted octanol–water partition coefficient (Wildman–Crippen LogP) is 7.05. The van der Waals surface area contributed by atoms with E-state index in [1.807, 2.05) is 36.4 Å². The molecule has 0 bridgehead atoms. The second kappa shape index (κ2) is 14.2. The quantitative estimate of drug-likeness (QED) is 0.146. The van der Waals surface area contributed by atoms with Gasteiger partial charge in [0.1, 0.15) is 11.6 Å². The van der Waals surface area contributed by atoms with Gasteiger partial charge >= 0.3 is 0 Å². The van der Waals surface area contributed by atoms with Crippen LogP contribution in [0.15, 0.2) is 78.9 Å². The molecule has 1 aromatic heterocycles. The average Bonchev–Trinajstić information content (AvgIpc) is 3.29. The van der Waals surface area contributed by atoms with Crippen LogP contribution in [0.4, 0.5) is 0 Å². The van der Waals surface area contributed by atoms with Gasteiger partial charge in [-0.3, -0.25) is 4.79 Å². The lowest BCUT2D eigenvalue weighted by atomic mass is 10.1. The summed E-state index contributed by atoms with van der Waals surface area (Å²) in [4.78, 5) is 17.0. The maximum absolute atomic E-state index is 12.1. The van der Waals surface area contributed by atoms with Gasteiger partial charge in [-0.2, -0.15) is 0 Å². The van der Waals surface area contributed by atoms with Gasteiger partial charge in [0.25, 0.3) is 0 Å². The summed E-state index contributed by atoms with van der Waals surface area (Å²) in [6.45, 7) is 6.59. The second-order valence-electron chi connectivity index (χ2n) is 9.77. The molecule has 0 fully saturated rings. The highest BCUT2D eigenvalue weighted by Gasteiger charge is 2.10. The Kier molecular flexibility index (Phi) is 10.1. The molecular weight excluding hydrogens is 470 g/mol. The van der Waals surface area contributed by atoms with Crippen molar-refractivity contribution in [3.05, 3.63) is 101 Å². The first kappa shape index (κ1) is 27.2. The van der Waals surface area contributed by atoms with Gasteiger partial charge in [-0.05, 0) is 80.5 Å². The molecule has 0 radical (unpaired) electrons. The lowest BCUT2D eigenvalue weighted by Crippen LogP contribution is -2.22. The molecule has 38 heavy (non-hydrogen) atoms. The number of carbonyl (C=O) groups excluding carboxylic acids is 1. The van der Waals surface area contributed by atoms with E-state index in [4.69, 9.17) is 9.72 Å². The number of rotatable bonds is 14. The first-order valence-corrected chi connectivity index (χ1v) is 13.8. The molecule has 0 aliphatic carbocycles. The maximum Gasteiger partial charge on any atom is 0.243 e. The summed E-state index contributed by atoms with van der Waals surface area (Å²) in [6.07, 6.45) is 9.49. The van der Waals surface area contributed by atoms with Crippen LogP contribution < -0.4 is 10.1 Å². The van der Waals surface area contributed by atoms with Crippen LogP contribution in [0.5, 0.6) is 5.75 Å². The smallest absolute Gasteiger partial charge is 0.243 e. The van der Waals surface area contributed by atoms with E-state index < -0.39 is 0 Å². The predicted molar refractivity (Wildman–Crippen MR) is 156 cm³/mol. The van der Waals surface area contributed by atoms with E-state index in [-0.39, 0.29) is 5.91 Å². The average molecular weight is 510 g/mol. The van der Waals surface area contributed by atoms with E-state index in [1.54, 1.807) is 6.08 Å². The third-order valence-electron chi connectivity index (χ3n) is 6.93. The van der Waals surface area contributed by atoms with Crippen molar-refractivity contribution < 1.29 is 9.53 Å². The number of aryl methyl sites for hydroxylation is 3. The Morgan fingerprint density at radius 2 is 1.71 bits per heavy atom. The van der Waals surface area contributed by atoms with Gasteiger partial charge in [0.15, 0.2) is 0 Å². The minimum absolute atomic E-state index is 0.0443. The maximum atomic E-state index is 12.1.